The Kier molecular flexibility index (Phi) is 5.62. The Labute approximate surface area is 109 Å². The number of nitrogens with zero attached hydrogens (tertiary/aromatic N) is 2. The fourth-order valence-electron chi connectivity index (χ4n) is 1.82. The highest BCUT2D eigenvalue weighted by Gasteiger charge is 2.19. The average Bonchev–Trinajstić information content (AvgIpc) is 2.35. The molecule has 1 N–H and O–H groups in total. The summed E-state index contributed by atoms with van der Waals surface area (Å²) in [6.45, 7) is 9.71. The summed E-state index contributed by atoms with van der Waals surface area (Å²) in [5.74, 6) is 0.759. The molecule has 1 amide bonds. The smallest absolute Gasteiger partial charge is 0.272 e. The number of pyridine rings is 1. The lowest BCUT2D eigenvalue weighted by Gasteiger charge is -2.26. The Morgan fingerprint density at radius 2 is 2.11 bits per heavy atom. The largest absolute Gasteiger partial charge is 0.370 e. The van der Waals surface area contributed by atoms with Crippen LogP contribution in [-0.4, -0.2) is 34.9 Å². The van der Waals surface area contributed by atoms with Crippen LogP contribution in [0.1, 0.15) is 44.6 Å². The molecule has 4 nitrogen and oxygen atoms in total. The lowest BCUT2D eigenvalue weighted by molar-refractivity contribution is 0.0700. The van der Waals surface area contributed by atoms with Gasteiger partial charge in [0.1, 0.15) is 11.5 Å². The number of aromatic nitrogens is 1. The van der Waals surface area contributed by atoms with Crippen molar-refractivity contribution in [2.24, 2.45) is 0 Å². The van der Waals surface area contributed by atoms with Crippen LogP contribution in [0.25, 0.3) is 0 Å². The predicted molar refractivity (Wildman–Crippen MR) is 74.9 cm³/mol. The van der Waals surface area contributed by atoms with Crippen molar-refractivity contribution < 1.29 is 4.79 Å². The SMILES string of the molecule is CCCN(C(=O)c1cccc(NCC)n1)C(C)C. The molecule has 0 saturated heterocycles. The number of hydrogen-bond acceptors (Lipinski definition) is 3. The van der Waals surface area contributed by atoms with E-state index >= 15 is 0 Å². The van der Waals surface area contributed by atoms with E-state index in [9.17, 15) is 4.79 Å². The number of nitrogens with one attached hydrogen (secondary N) is 1. The molecule has 0 saturated carbocycles. The lowest BCUT2D eigenvalue weighted by atomic mass is 10.2. The fourth-order valence-corrected chi connectivity index (χ4v) is 1.82. The first kappa shape index (κ1) is 14.5. The average molecular weight is 249 g/mol. The van der Waals surface area contributed by atoms with Crippen molar-refractivity contribution in [3.8, 4) is 0 Å². The van der Waals surface area contributed by atoms with E-state index in [1.54, 1.807) is 6.07 Å². The molecule has 1 heterocycles. The molecule has 100 valence electrons. The summed E-state index contributed by atoms with van der Waals surface area (Å²) in [4.78, 5) is 18.6. The first-order chi connectivity index (χ1) is 8.60. The van der Waals surface area contributed by atoms with Crippen molar-refractivity contribution in [2.75, 3.05) is 18.4 Å². The van der Waals surface area contributed by atoms with Gasteiger partial charge in [0, 0.05) is 19.1 Å². The molecule has 1 aromatic heterocycles. The van der Waals surface area contributed by atoms with Gasteiger partial charge in [-0.05, 0) is 39.3 Å². The van der Waals surface area contributed by atoms with Gasteiger partial charge in [-0.15, -0.1) is 0 Å². The number of hydrogen-bond donors (Lipinski definition) is 1. The third-order valence-electron chi connectivity index (χ3n) is 2.67. The summed E-state index contributed by atoms with van der Waals surface area (Å²) in [6, 6.07) is 5.71. The zero-order chi connectivity index (χ0) is 13.5. The quantitative estimate of drug-likeness (QED) is 0.843. The van der Waals surface area contributed by atoms with Crippen molar-refractivity contribution in [1.82, 2.24) is 9.88 Å². The van der Waals surface area contributed by atoms with E-state index in [1.807, 2.05) is 37.8 Å². The third kappa shape index (κ3) is 3.72. The second kappa shape index (κ2) is 6.99. The highest BCUT2D eigenvalue weighted by atomic mass is 16.2. The van der Waals surface area contributed by atoms with Crippen LogP contribution in [0.3, 0.4) is 0 Å². The Balaban J connectivity index is 2.90. The van der Waals surface area contributed by atoms with Gasteiger partial charge in [-0.1, -0.05) is 13.0 Å². The third-order valence-corrected chi connectivity index (χ3v) is 2.67. The van der Waals surface area contributed by atoms with Gasteiger partial charge in [0.25, 0.3) is 5.91 Å². The molecular weight excluding hydrogens is 226 g/mol. The standard InChI is InChI=1S/C14H23N3O/c1-5-10-17(11(3)4)14(18)12-8-7-9-13(16-12)15-6-2/h7-9,11H,5-6,10H2,1-4H3,(H,15,16). The molecule has 0 aliphatic heterocycles. The maximum absolute atomic E-state index is 12.4. The van der Waals surface area contributed by atoms with Crippen molar-refractivity contribution in [3.05, 3.63) is 23.9 Å². The summed E-state index contributed by atoms with van der Waals surface area (Å²) in [6.07, 6.45) is 0.955. The second-order valence-electron chi connectivity index (χ2n) is 4.53. The maximum atomic E-state index is 12.4. The fraction of sp³-hybridized carbons (Fsp3) is 0.571. The van der Waals surface area contributed by atoms with E-state index in [0.29, 0.717) is 5.69 Å². The minimum absolute atomic E-state index is 0.00611. The summed E-state index contributed by atoms with van der Waals surface area (Å²) in [5, 5.41) is 3.12. The summed E-state index contributed by atoms with van der Waals surface area (Å²) >= 11 is 0. The van der Waals surface area contributed by atoms with Crippen LogP contribution in [-0.2, 0) is 0 Å². The maximum Gasteiger partial charge on any atom is 0.272 e. The molecule has 0 spiro atoms. The molecule has 0 bridgehead atoms. The summed E-state index contributed by atoms with van der Waals surface area (Å²) in [7, 11) is 0. The van der Waals surface area contributed by atoms with Crippen LogP contribution in [0.5, 0.6) is 0 Å². The highest BCUT2D eigenvalue weighted by Crippen LogP contribution is 2.10. The number of rotatable bonds is 6. The van der Waals surface area contributed by atoms with E-state index in [1.165, 1.54) is 0 Å². The van der Waals surface area contributed by atoms with Crippen LogP contribution in [0, 0.1) is 0 Å². The Morgan fingerprint density at radius 3 is 2.67 bits per heavy atom. The summed E-state index contributed by atoms with van der Waals surface area (Å²) < 4.78 is 0. The first-order valence-electron chi connectivity index (χ1n) is 6.62. The molecule has 0 aliphatic rings. The number of anilines is 1. The molecular formula is C14H23N3O. The van der Waals surface area contributed by atoms with Crippen molar-refractivity contribution in [2.45, 2.75) is 40.2 Å². The monoisotopic (exact) mass is 249 g/mol. The van der Waals surface area contributed by atoms with E-state index in [-0.39, 0.29) is 11.9 Å². The van der Waals surface area contributed by atoms with Gasteiger partial charge < -0.3 is 10.2 Å². The molecule has 1 aromatic rings. The van der Waals surface area contributed by atoms with Gasteiger partial charge in [-0.25, -0.2) is 4.98 Å². The van der Waals surface area contributed by atoms with Gasteiger partial charge in [0.2, 0.25) is 0 Å². The van der Waals surface area contributed by atoms with E-state index < -0.39 is 0 Å². The second-order valence-corrected chi connectivity index (χ2v) is 4.53. The minimum atomic E-state index is 0.00611. The normalized spacial score (nSPS) is 10.5. The van der Waals surface area contributed by atoms with Gasteiger partial charge in [-0.3, -0.25) is 4.79 Å². The van der Waals surface area contributed by atoms with Crippen LogP contribution in [0.15, 0.2) is 18.2 Å². The molecule has 0 radical (unpaired) electrons. The number of carbonyl (C=O) groups excluding carboxylic acids is 1. The first-order valence-corrected chi connectivity index (χ1v) is 6.62. The Hall–Kier alpha value is -1.58. The Bertz CT molecular complexity index is 390. The molecule has 0 atom stereocenters. The minimum Gasteiger partial charge on any atom is -0.370 e. The van der Waals surface area contributed by atoms with Crippen molar-refractivity contribution in [1.29, 1.82) is 0 Å². The van der Waals surface area contributed by atoms with E-state index in [2.05, 4.69) is 17.2 Å². The van der Waals surface area contributed by atoms with Crippen LogP contribution in [0.4, 0.5) is 5.82 Å². The highest BCUT2D eigenvalue weighted by molar-refractivity contribution is 5.92. The molecule has 18 heavy (non-hydrogen) atoms. The van der Waals surface area contributed by atoms with Gasteiger partial charge in [0.15, 0.2) is 0 Å². The van der Waals surface area contributed by atoms with Crippen molar-refractivity contribution >= 4 is 11.7 Å². The Morgan fingerprint density at radius 1 is 1.39 bits per heavy atom. The zero-order valence-corrected chi connectivity index (χ0v) is 11.7. The predicted octanol–water partition coefficient (Wildman–Crippen LogP) is 2.77. The number of carbonyl (C=O) groups is 1. The lowest BCUT2D eigenvalue weighted by Crippen LogP contribution is -2.38. The van der Waals surface area contributed by atoms with Gasteiger partial charge in [0.05, 0.1) is 0 Å². The van der Waals surface area contributed by atoms with Crippen LogP contribution >= 0.6 is 0 Å². The molecule has 1 rings (SSSR count). The molecule has 0 aliphatic carbocycles. The summed E-state index contributed by atoms with van der Waals surface area (Å²) in [5.41, 5.74) is 0.510. The van der Waals surface area contributed by atoms with Crippen LogP contribution < -0.4 is 5.32 Å². The molecule has 0 fully saturated rings. The van der Waals surface area contributed by atoms with Crippen LogP contribution in [0.2, 0.25) is 0 Å². The molecule has 4 heteroatoms. The topological polar surface area (TPSA) is 45.2 Å². The van der Waals surface area contributed by atoms with Crippen molar-refractivity contribution in [3.63, 3.8) is 0 Å². The molecule has 0 aromatic carbocycles. The number of amides is 1. The zero-order valence-electron chi connectivity index (χ0n) is 11.7. The van der Waals surface area contributed by atoms with Gasteiger partial charge in [-0.2, -0.15) is 0 Å². The van der Waals surface area contributed by atoms with E-state index in [0.717, 1.165) is 25.3 Å². The molecule has 0 unspecified atom stereocenters. The van der Waals surface area contributed by atoms with Gasteiger partial charge >= 0.3 is 0 Å². The van der Waals surface area contributed by atoms with E-state index in [4.69, 9.17) is 0 Å².